The summed E-state index contributed by atoms with van der Waals surface area (Å²) in [5.41, 5.74) is 8.39. The second-order valence-electron chi connectivity index (χ2n) is 21.9. The van der Waals surface area contributed by atoms with E-state index < -0.39 is 17.5 Å². The van der Waals surface area contributed by atoms with Crippen molar-refractivity contribution in [1.82, 2.24) is 30.0 Å². The molecule has 0 spiro atoms. The van der Waals surface area contributed by atoms with Gasteiger partial charge in [0.1, 0.15) is 17.2 Å². The number of aryl methyl sites for hydroxylation is 2. The number of ether oxygens (including phenoxy) is 3. The maximum absolute atomic E-state index is 14.0. The first-order valence-corrected chi connectivity index (χ1v) is 28.0. The van der Waals surface area contributed by atoms with Crippen LogP contribution >= 0.6 is 11.3 Å². The van der Waals surface area contributed by atoms with Crippen LogP contribution in [0.2, 0.25) is 0 Å². The second kappa shape index (κ2) is 22.0. The minimum atomic E-state index is -0.731. The topological polar surface area (TPSA) is 173 Å². The number of carbonyl (C=O) groups is 4. The number of aromatic nitrogens is 4. The van der Waals surface area contributed by atoms with E-state index in [0.717, 1.165) is 132 Å². The molecule has 400 valence electrons. The Labute approximate surface area is 453 Å². The smallest absolute Gasteiger partial charge is 0.358 e. The number of esters is 1. The van der Waals surface area contributed by atoms with E-state index in [1.807, 2.05) is 118 Å². The Bertz CT molecular complexity index is 3330. The largest absolute Gasteiger partial charge is 0.490 e. The van der Waals surface area contributed by atoms with E-state index >= 15 is 0 Å². The monoisotopic (exact) mass is 1060 g/mol. The zero-order valence-corrected chi connectivity index (χ0v) is 45.4. The molecule has 17 heteroatoms. The Hall–Kier alpha value is -7.21. The number of piperidine rings is 1. The van der Waals surface area contributed by atoms with Crippen LogP contribution in [-0.4, -0.2) is 112 Å². The summed E-state index contributed by atoms with van der Waals surface area (Å²) in [5.74, 6) is -0.185. The Morgan fingerprint density at radius 3 is 2.38 bits per heavy atom. The number of benzene rings is 4. The molecular formula is C60H67N9O7S. The van der Waals surface area contributed by atoms with Gasteiger partial charge in [-0.2, -0.15) is 5.10 Å². The lowest BCUT2D eigenvalue weighted by Gasteiger charge is -2.36. The van der Waals surface area contributed by atoms with Crippen molar-refractivity contribution < 1.29 is 33.4 Å². The van der Waals surface area contributed by atoms with E-state index in [1.54, 1.807) is 0 Å². The molecule has 3 aliphatic heterocycles. The summed E-state index contributed by atoms with van der Waals surface area (Å²) >= 11 is 1.45. The number of fused-ring (bicyclic) bond motifs is 3. The van der Waals surface area contributed by atoms with E-state index in [-0.39, 0.29) is 35.6 Å². The molecule has 1 atom stereocenters. The number of anilines is 3. The summed E-state index contributed by atoms with van der Waals surface area (Å²) < 4.78 is 21.9. The number of nitrogens with one attached hydrogen (secondary N) is 2. The van der Waals surface area contributed by atoms with Gasteiger partial charge in [-0.3, -0.25) is 34.6 Å². The number of thiazole rings is 1. The first-order chi connectivity index (χ1) is 37.2. The van der Waals surface area contributed by atoms with Gasteiger partial charge in [-0.15, -0.1) is 0 Å². The van der Waals surface area contributed by atoms with Crippen molar-refractivity contribution in [3.8, 4) is 16.9 Å². The molecular weight excluding hydrogens is 991 g/mol. The molecule has 11 rings (SSSR count). The van der Waals surface area contributed by atoms with Gasteiger partial charge in [-0.1, -0.05) is 53.8 Å². The fourth-order valence-corrected chi connectivity index (χ4v) is 12.3. The van der Waals surface area contributed by atoms with Gasteiger partial charge in [0.15, 0.2) is 10.8 Å². The summed E-state index contributed by atoms with van der Waals surface area (Å²) in [6.07, 6.45) is 6.53. The van der Waals surface area contributed by atoms with E-state index in [2.05, 4.69) is 42.5 Å². The highest BCUT2D eigenvalue weighted by atomic mass is 32.1. The van der Waals surface area contributed by atoms with Crippen LogP contribution in [0.5, 0.6) is 5.75 Å². The number of amides is 3. The number of para-hydroxylation sites is 2. The summed E-state index contributed by atoms with van der Waals surface area (Å²) in [6, 6.07) is 29.9. The molecule has 6 heterocycles. The number of pyridine rings is 1. The predicted octanol–water partition coefficient (Wildman–Crippen LogP) is 9.76. The normalized spacial score (nSPS) is 19.3. The van der Waals surface area contributed by atoms with Gasteiger partial charge in [0.2, 0.25) is 11.8 Å². The van der Waals surface area contributed by atoms with Gasteiger partial charge in [0.05, 0.1) is 45.2 Å². The van der Waals surface area contributed by atoms with Gasteiger partial charge in [0.25, 0.3) is 5.91 Å². The Morgan fingerprint density at radius 2 is 1.60 bits per heavy atom. The maximum atomic E-state index is 14.0. The van der Waals surface area contributed by atoms with Gasteiger partial charge in [-0.25, -0.2) is 14.8 Å². The van der Waals surface area contributed by atoms with Gasteiger partial charge in [0, 0.05) is 82.4 Å². The average Bonchev–Trinajstić information content (AvgIpc) is 4.11. The average molecular weight is 1060 g/mol. The number of imide groups is 1. The molecule has 1 saturated carbocycles. The van der Waals surface area contributed by atoms with Gasteiger partial charge in [-0.05, 0) is 143 Å². The van der Waals surface area contributed by atoms with Crippen molar-refractivity contribution >= 4 is 72.8 Å². The molecule has 0 radical (unpaired) electrons. The Morgan fingerprint density at radius 1 is 0.818 bits per heavy atom. The molecule has 1 unspecified atom stereocenters. The van der Waals surface area contributed by atoms with E-state index in [1.165, 1.54) is 11.3 Å². The maximum Gasteiger partial charge on any atom is 0.358 e. The van der Waals surface area contributed by atoms with Crippen LogP contribution in [0, 0.1) is 6.92 Å². The molecule has 2 saturated heterocycles. The molecule has 0 bridgehead atoms. The molecule has 7 aromatic rings. The number of hydrogen-bond donors (Lipinski definition) is 2. The first-order valence-electron chi connectivity index (χ1n) is 27.1. The molecule has 3 fully saturated rings. The van der Waals surface area contributed by atoms with Crippen LogP contribution in [0.3, 0.4) is 0 Å². The number of hydrogen-bond acceptors (Lipinski definition) is 14. The third-order valence-corrected chi connectivity index (χ3v) is 16.3. The summed E-state index contributed by atoms with van der Waals surface area (Å²) in [5, 5.41) is 11.8. The van der Waals surface area contributed by atoms with Crippen molar-refractivity contribution in [3.05, 3.63) is 125 Å². The fourth-order valence-electron chi connectivity index (χ4n) is 11.5. The summed E-state index contributed by atoms with van der Waals surface area (Å²) in [6.45, 7) is 14.2. The van der Waals surface area contributed by atoms with E-state index in [0.29, 0.717) is 54.4 Å². The SMILES string of the molecule is Cc1cc(OC2CCC(OCCCN3CCN(c4cccc5c(C6CCC(=O)NC6=O)nn(C)c45)CC3)CC2)ccc1-c1ccc(N2CCc3cccc(C(=O)Nc4nc5ccccc5s4)c3C2)nc1C(=O)OC(C)(C)C. The van der Waals surface area contributed by atoms with Gasteiger partial charge >= 0.3 is 5.97 Å². The molecule has 1 aliphatic carbocycles. The van der Waals surface area contributed by atoms with Crippen LogP contribution < -0.4 is 25.2 Å². The standard InChI is InChI=1S/C60H67N9O7S/c1-37-35-41(75-40-19-17-39(18-20-40)74-34-10-28-67-30-32-68(33-31-67)49-15-9-13-45-53(65-66(5)55(45)49)46-24-26-52(70)63-57(46)72)21-22-42(37)43-23-25-51(62-54(43)58(73)76-60(2,3)4)69-29-27-38-11-8-12-44(47(38)36-69)56(71)64-59-61-48-14-6-7-16-50(48)77-59/h6-9,11-16,21-23,25,35,39-40,46H,10,17-20,24,26-34,36H2,1-5H3,(H,61,64,71)(H,63,70,72). The van der Waals surface area contributed by atoms with Crippen LogP contribution in [0.1, 0.15) is 115 Å². The van der Waals surface area contributed by atoms with Crippen molar-refractivity contribution in [3.63, 3.8) is 0 Å². The molecule has 4 aromatic carbocycles. The molecule has 2 N–H and O–H groups in total. The number of piperazine rings is 1. The van der Waals surface area contributed by atoms with E-state index in [4.69, 9.17) is 24.3 Å². The molecule has 3 aromatic heterocycles. The minimum Gasteiger partial charge on any atom is -0.490 e. The number of rotatable bonds is 14. The Kier molecular flexibility index (Phi) is 14.8. The van der Waals surface area contributed by atoms with Crippen LogP contribution in [0.4, 0.5) is 16.6 Å². The highest BCUT2D eigenvalue weighted by Crippen LogP contribution is 2.38. The van der Waals surface area contributed by atoms with Crippen molar-refractivity contribution in [2.45, 2.75) is 109 Å². The minimum absolute atomic E-state index is 0.0876. The predicted molar refractivity (Wildman–Crippen MR) is 300 cm³/mol. The van der Waals surface area contributed by atoms with Crippen LogP contribution in [0.25, 0.3) is 32.2 Å². The number of nitrogens with zero attached hydrogens (tertiary/aromatic N) is 7. The zero-order valence-electron chi connectivity index (χ0n) is 44.6. The molecule has 4 aliphatic rings. The summed E-state index contributed by atoms with van der Waals surface area (Å²) in [7, 11) is 1.94. The van der Waals surface area contributed by atoms with E-state index in [9.17, 15) is 19.2 Å². The van der Waals surface area contributed by atoms with Crippen molar-refractivity contribution in [2.75, 3.05) is 61.0 Å². The second-order valence-corrected chi connectivity index (χ2v) is 22.9. The van der Waals surface area contributed by atoms with Crippen molar-refractivity contribution in [2.24, 2.45) is 7.05 Å². The third-order valence-electron chi connectivity index (χ3n) is 15.4. The number of carbonyl (C=O) groups excluding carboxylic acids is 4. The first kappa shape index (κ1) is 51.9. The van der Waals surface area contributed by atoms with Crippen molar-refractivity contribution in [1.29, 1.82) is 0 Å². The lowest BCUT2D eigenvalue weighted by atomic mass is 9.92. The molecule has 16 nitrogen and oxygen atoms in total. The quantitative estimate of drug-likeness (QED) is 0.0599. The fraction of sp³-hybridized carbons (Fsp3) is 0.417. The van der Waals surface area contributed by atoms with Crippen LogP contribution in [-0.2, 0) is 39.1 Å². The zero-order chi connectivity index (χ0) is 53.4. The lowest BCUT2D eigenvalue weighted by Crippen LogP contribution is -2.47. The van der Waals surface area contributed by atoms with Crippen LogP contribution in [0.15, 0.2) is 91.0 Å². The van der Waals surface area contributed by atoms with Gasteiger partial charge < -0.3 is 24.0 Å². The highest BCUT2D eigenvalue weighted by Gasteiger charge is 2.34. The lowest BCUT2D eigenvalue weighted by molar-refractivity contribution is -0.134. The molecule has 77 heavy (non-hydrogen) atoms. The molecule has 3 amide bonds. The summed E-state index contributed by atoms with van der Waals surface area (Å²) in [4.78, 5) is 69.0. The Balaban J connectivity index is 0.668. The highest BCUT2D eigenvalue weighted by molar-refractivity contribution is 7.22. The third kappa shape index (κ3) is 11.4.